The van der Waals surface area contributed by atoms with Gasteiger partial charge in [-0.1, -0.05) is 13.8 Å². The molecule has 2 aromatic heterocycles. The Balaban J connectivity index is 2.40. The third-order valence-corrected chi connectivity index (χ3v) is 3.29. The van der Waals surface area contributed by atoms with Gasteiger partial charge in [-0.3, -0.25) is 4.79 Å². The fourth-order valence-corrected chi connectivity index (χ4v) is 2.14. The highest BCUT2D eigenvalue weighted by Crippen LogP contribution is 2.05. The first kappa shape index (κ1) is 12.8. The van der Waals surface area contributed by atoms with Crippen LogP contribution < -0.4 is 10.9 Å². The van der Waals surface area contributed by atoms with Crippen LogP contribution in [0.1, 0.15) is 19.5 Å². The lowest BCUT2D eigenvalue weighted by Gasteiger charge is -2.21. The molecule has 0 saturated carbocycles. The quantitative estimate of drug-likeness (QED) is 0.880. The van der Waals surface area contributed by atoms with Crippen LogP contribution in [0.15, 0.2) is 23.3 Å². The number of fused-ring (bicyclic) bond motifs is 1. The first-order valence-electron chi connectivity index (χ1n) is 6.25. The molecule has 0 spiro atoms. The molecule has 0 radical (unpaired) electrons. The summed E-state index contributed by atoms with van der Waals surface area (Å²) in [5, 5.41) is 7.49. The molecule has 5 nitrogen and oxygen atoms in total. The number of hydrogen-bond acceptors (Lipinski definition) is 3. The smallest absolute Gasteiger partial charge is 0.276 e. The Morgan fingerprint density at radius 1 is 1.39 bits per heavy atom. The predicted molar refractivity (Wildman–Crippen MR) is 71.9 cm³/mol. The summed E-state index contributed by atoms with van der Waals surface area (Å²) in [6.07, 6.45) is 3.63. The van der Waals surface area contributed by atoms with Crippen molar-refractivity contribution in [1.29, 1.82) is 0 Å². The van der Waals surface area contributed by atoms with Crippen molar-refractivity contribution in [2.24, 2.45) is 5.92 Å². The van der Waals surface area contributed by atoms with Crippen LogP contribution in [0, 0.1) is 12.8 Å². The van der Waals surface area contributed by atoms with Crippen LogP contribution in [0.2, 0.25) is 0 Å². The maximum Gasteiger partial charge on any atom is 0.276 e. The third kappa shape index (κ3) is 2.31. The van der Waals surface area contributed by atoms with Crippen LogP contribution in [0.25, 0.3) is 5.52 Å². The zero-order valence-corrected chi connectivity index (χ0v) is 11.3. The van der Waals surface area contributed by atoms with Gasteiger partial charge in [-0.2, -0.15) is 5.10 Å². The maximum absolute atomic E-state index is 12.3. The van der Waals surface area contributed by atoms with Crippen LogP contribution >= 0.6 is 0 Å². The number of hydrogen-bond donors (Lipinski definition) is 1. The summed E-state index contributed by atoms with van der Waals surface area (Å²) in [7, 11) is 1.93. The lowest BCUT2D eigenvalue weighted by Crippen LogP contribution is -2.38. The topological polar surface area (TPSA) is 51.3 Å². The number of aryl methyl sites for hydroxylation is 1. The first-order chi connectivity index (χ1) is 8.52. The first-order valence-corrected chi connectivity index (χ1v) is 6.25. The van der Waals surface area contributed by atoms with Gasteiger partial charge in [0.25, 0.3) is 5.56 Å². The van der Waals surface area contributed by atoms with E-state index in [1.165, 1.54) is 0 Å². The number of aromatic nitrogens is 3. The van der Waals surface area contributed by atoms with Crippen molar-refractivity contribution in [3.8, 4) is 0 Å². The van der Waals surface area contributed by atoms with E-state index in [1.807, 2.05) is 26.2 Å². The summed E-state index contributed by atoms with van der Waals surface area (Å²) in [6, 6.07) is 2.11. The van der Waals surface area contributed by atoms with E-state index in [0.717, 1.165) is 5.69 Å². The van der Waals surface area contributed by atoms with Crippen LogP contribution in [-0.4, -0.2) is 27.3 Å². The summed E-state index contributed by atoms with van der Waals surface area (Å²) in [4.78, 5) is 12.3. The van der Waals surface area contributed by atoms with Gasteiger partial charge in [0.1, 0.15) is 5.52 Å². The summed E-state index contributed by atoms with van der Waals surface area (Å²) in [6.45, 7) is 6.86. The van der Waals surface area contributed by atoms with Gasteiger partial charge in [0.05, 0.1) is 5.69 Å². The second kappa shape index (κ2) is 4.94. The fourth-order valence-electron chi connectivity index (χ4n) is 2.14. The number of rotatable bonds is 4. The minimum atomic E-state index is 0.0130. The van der Waals surface area contributed by atoms with E-state index in [2.05, 4.69) is 24.3 Å². The van der Waals surface area contributed by atoms with Gasteiger partial charge in [0.2, 0.25) is 0 Å². The molecule has 2 aromatic rings. The van der Waals surface area contributed by atoms with Gasteiger partial charge < -0.3 is 9.88 Å². The van der Waals surface area contributed by atoms with Gasteiger partial charge in [-0.05, 0) is 26.0 Å². The molecule has 0 fully saturated rings. The lowest BCUT2D eigenvalue weighted by atomic mass is 10.0. The Hall–Kier alpha value is -1.62. The van der Waals surface area contributed by atoms with E-state index in [-0.39, 0.29) is 11.6 Å². The van der Waals surface area contributed by atoms with Crippen molar-refractivity contribution in [1.82, 2.24) is 19.5 Å². The number of nitrogens with one attached hydrogen (secondary N) is 1. The fraction of sp³-hybridized carbons (Fsp3) is 0.538. The average molecular weight is 248 g/mol. The minimum absolute atomic E-state index is 0.0130. The standard InChI is InChI=1S/C13H20N4O/c1-9(2)11(14-4)8-16-5-6-17-12(13(16)18)7-10(3)15-17/h5-7,9,11,14H,8H2,1-4H3. The predicted octanol–water partition coefficient (Wildman–Crippen LogP) is 1.05. The molecule has 18 heavy (non-hydrogen) atoms. The molecule has 0 aliphatic rings. The van der Waals surface area contributed by atoms with E-state index >= 15 is 0 Å². The van der Waals surface area contributed by atoms with Crippen LogP contribution in [0.5, 0.6) is 0 Å². The van der Waals surface area contributed by atoms with Crippen molar-refractivity contribution < 1.29 is 0 Å². The molecule has 0 saturated heterocycles. The van der Waals surface area contributed by atoms with E-state index in [1.54, 1.807) is 15.3 Å². The van der Waals surface area contributed by atoms with Gasteiger partial charge in [-0.15, -0.1) is 0 Å². The Morgan fingerprint density at radius 2 is 2.11 bits per heavy atom. The monoisotopic (exact) mass is 248 g/mol. The van der Waals surface area contributed by atoms with Crippen molar-refractivity contribution >= 4 is 5.52 Å². The zero-order chi connectivity index (χ0) is 13.3. The SMILES string of the molecule is CNC(Cn1ccn2nc(C)cc2c1=O)C(C)C. The summed E-state index contributed by atoms with van der Waals surface area (Å²) in [5.41, 5.74) is 1.51. The highest BCUT2D eigenvalue weighted by Gasteiger charge is 2.13. The molecule has 2 rings (SSSR count). The molecule has 1 atom stereocenters. The molecule has 0 amide bonds. The van der Waals surface area contributed by atoms with E-state index in [4.69, 9.17) is 0 Å². The molecule has 0 bridgehead atoms. The summed E-state index contributed by atoms with van der Waals surface area (Å²) in [5.74, 6) is 0.477. The van der Waals surface area contributed by atoms with E-state index in [9.17, 15) is 4.79 Å². The van der Waals surface area contributed by atoms with Crippen LogP contribution in [0.3, 0.4) is 0 Å². The maximum atomic E-state index is 12.3. The largest absolute Gasteiger partial charge is 0.315 e. The van der Waals surface area contributed by atoms with Crippen LogP contribution in [-0.2, 0) is 6.54 Å². The highest BCUT2D eigenvalue weighted by atomic mass is 16.1. The molecule has 1 unspecified atom stereocenters. The Morgan fingerprint density at radius 3 is 2.72 bits per heavy atom. The normalized spacial score (nSPS) is 13.4. The zero-order valence-electron chi connectivity index (χ0n) is 11.3. The molecule has 0 aliphatic heterocycles. The Bertz CT molecular complexity index is 597. The summed E-state index contributed by atoms with van der Waals surface area (Å²) < 4.78 is 3.38. The van der Waals surface area contributed by atoms with Crippen LogP contribution in [0.4, 0.5) is 0 Å². The molecular formula is C13H20N4O. The molecule has 1 N–H and O–H groups in total. The molecule has 98 valence electrons. The van der Waals surface area contributed by atoms with Gasteiger partial charge in [0, 0.05) is 25.0 Å². The van der Waals surface area contributed by atoms with Gasteiger partial charge in [0.15, 0.2) is 0 Å². The number of nitrogens with zero attached hydrogens (tertiary/aromatic N) is 3. The van der Waals surface area contributed by atoms with Crippen molar-refractivity contribution in [2.75, 3.05) is 7.05 Å². The second-order valence-corrected chi connectivity index (χ2v) is 5.01. The molecule has 0 aliphatic carbocycles. The van der Waals surface area contributed by atoms with Crippen molar-refractivity contribution in [3.63, 3.8) is 0 Å². The molecule has 5 heteroatoms. The lowest BCUT2D eigenvalue weighted by molar-refractivity contribution is 0.373. The Labute approximate surface area is 106 Å². The van der Waals surface area contributed by atoms with Crippen molar-refractivity contribution in [3.05, 3.63) is 34.5 Å². The average Bonchev–Trinajstić information content (AvgIpc) is 2.69. The molecular weight excluding hydrogens is 228 g/mol. The molecule has 0 aromatic carbocycles. The minimum Gasteiger partial charge on any atom is -0.315 e. The Kier molecular flexibility index (Phi) is 3.52. The van der Waals surface area contributed by atoms with E-state index < -0.39 is 0 Å². The number of likely N-dealkylation sites (N-methyl/N-ethyl adjacent to an activating group) is 1. The second-order valence-electron chi connectivity index (χ2n) is 5.01. The molecule has 2 heterocycles. The van der Waals surface area contributed by atoms with E-state index in [0.29, 0.717) is 18.0 Å². The van der Waals surface area contributed by atoms with Gasteiger partial charge >= 0.3 is 0 Å². The third-order valence-electron chi connectivity index (χ3n) is 3.29. The highest BCUT2D eigenvalue weighted by molar-refractivity contribution is 5.44. The van der Waals surface area contributed by atoms with Crippen molar-refractivity contribution in [2.45, 2.75) is 33.4 Å². The van der Waals surface area contributed by atoms with Gasteiger partial charge in [-0.25, -0.2) is 4.52 Å². The summed E-state index contributed by atoms with van der Waals surface area (Å²) >= 11 is 0.